The van der Waals surface area contributed by atoms with Gasteiger partial charge in [0.25, 0.3) is 0 Å². The number of carbonyl (C=O) groups excluding carboxylic acids is 1. The van der Waals surface area contributed by atoms with Crippen LogP contribution in [0.3, 0.4) is 0 Å². The maximum Gasteiger partial charge on any atom is 0.345 e. The molecule has 0 amide bonds. The van der Waals surface area contributed by atoms with Crippen LogP contribution >= 0.6 is 0 Å². The van der Waals surface area contributed by atoms with E-state index < -0.39 is 59.0 Å². The third-order valence-electron chi connectivity index (χ3n) is 6.06. The minimum absolute atomic E-state index is 0.0264. The molecule has 0 aromatic heterocycles. The van der Waals surface area contributed by atoms with Crippen LogP contribution in [0, 0.1) is 0 Å². The highest BCUT2D eigenvalue weighted by molar-refractivity contribution is 5.91. The Labute approximate surface area is 219 Å². The predicted octanol–water partition coefficient (Wildman–Crippen LogP) is 2.77. The fourth-order valence-electron chi connectivity index (χ4n) is 4.20. The van der Waals surface area contributed by atoms with Crippen LogP contribution in [0.15, 0.2) is 54.6 Å². The molecule has 0 unspecified atom stereocenters. The summed E-state index contributed by atoms with van der Waals surface area (Å²) in [4.78, 5) is 36.4. The number of carbonyl (C=O) groups is 3. The van der Waals surface area contributed by atoms with Crippen molar-refractivity contribution in [3.8, 4) is 34.5 Å². The normalized spacial score (nSPS) is 16.8. The van der Waals surface area contributed by atoms with Crippen molar-refractivity contribution in [3.05, 3.63) is 76.9 Å². The molecule has 0 spiro atoms. The summed E-state index contributed by atoms with van der Waals surface area (Å²) in [5.74, 6) is -7.59. The molecule has 0 aliphatic carbocycles. The van der Waals surface area contributed by atoms with Crippen LogP contribution in [0.4, 0.5) is 0 Å². The van der Waals surface area contributed by atoms with Crippen LogP contribution in [0.2, 0.25) is 0 Å². The molecule has 39 heavy (non-hydrogen) atoms. The second-order valence-corrected chi connectivity index (χ2v) is 8.64. The zero-order valence-electron chi connectivity index (χ0n) is 19.9. The molecule has 0 radical (unpaired) electrons. The molecule has 0 saturated heterocycles. The zero-order chi connectivity index (χ0) is 28.4. The molecule has 4 rings (SSSR count). The second-order valence-electron chi connectivity index (χ2n) is 8.64. The van der Waals surface area contributed by atoms with Gasteiger partial charge in [-0.05, 0) is 53.1 Å². The minimum atomic E-state index is -1.64. The number of esters is 1. The Kier molecular flexibility index (Phi) is 7.20. The lowest BCUT2D eigenvalue weighted by atomic mass is 9.88. The standard InChI is InChI=1S/C27H22O12/c28-15-5-1-12(9-18(15)31)10-20(26(34)35)38-21(33)8-4-13-2-7-17(30)25-22(13)23(27(36)37)24(39-25)14-3-6-16(29)19(32)11-14/h1-9,11,20,23-24,28-32H,10H2,(H,34,35)(H,36,37)/b8-4+/t20-,23-,24-/m0/s1. The number of hydrogen-bond donors (Lipinski definition) is 7. The zero-order valence-corrected chi connectivity index (χ0v) is 19.9. The molecule has 0 saturated carbocycles. The van der Waals surface area contributed by atoms with Gasteiger partial charge in [0.05, 0.1) is 0 Å². The summed E-state index contributed by atoms with van der Waals surface area (Å²) < 4.78 is 10.8. The van der Waals surface area contributed by atoms with Crippen LogP contribution in [-0.4, -0.2) is 59.8 Å². The number of carboxylic acids is 2. The first-order valence-corrected chi connectivity index (χ1v) is 11.4. The van der Waals surface area contributed by atoms with Gasteiger partial charge < -0.3 is 45.2 Å². The van der Waals surface area contributed by atoms with E-state index in [2.05, 4.69) is 0 Å². The molecular formula is C27H22O12. The van der Waals surface area contributed by atoms with Gasteiger partial charge in [-0.15, -0.1) is 0 Å². The van der Waals surface area contributed by atoms with E-state index >= 15 is 0 Å². The van der Waals surface area contributed by atoms with E-state index in [1.807, 2.05) is 0 Å². The van der Waals surface area contributed by atoms with Gasteiger partial charge in [-0.2, -0.15) is 0 Å². The van der Waals surface area contributed by atoms with Crippen molar-refractivity contribution in [1.29, 1.82) is 0 Å². The van der Waals surface area contributed by atoms with Gasteiger partial charge in [0, 0.05) is 18.1 Å². The molecule has 1 heterocycles. The molecule has 0 bridgehead atoms. The summed E-state index contributed by atoms with van der Waals surface area (Å²) in [5, 5.41) is 68.2. The van der Waals surface area contributed by atoms with E-state index in [1.54, 1.807) is 0 Å². The number of aromatic hydroxyl groups is 5. The van der Waals surface area contributed by atoms with Crippen molar-refractivity contribution in [2.75, 3.05) is 0 Å². The Bertz CT molecular complexity index is 1490. The molecule has 1 aliphatic rings. The van der Waals surface area contributed by atoms with Crippen LogP contribution < -0.4 is 4.74 Å². The van der Waals surface area contributed by atoms with Gasteiger partial charge >= 0.3 is 17.9 Å². The van der Waals surface area contributed by atoms with Gasteiger partial charge in [0.15, 0.2) is 34.5 Å². The molecule has 0 fully saturated rings. The van der Waals surface area contributed by atoms with E-state index in [-0.39, 0.29) is 40.2 Å². The number of hydrogen-bond acceptors (Lipinski definition) is 10. The number of ether oxygens (including phenoxy) is 2. The lowest BCUT2D eigenvalue weighted by molar-refractivity contribution is -0.160. The Hall–Kier alpha value is -5.39. The van der Waals surface area contributed by atoms with Gasteiger partial charge in [0.1, 0.15) is 12.0 Å². The largest absolute Gasteiger partial charge is 0.504 e. The van der Waals surface area contributed by atoms with Gasteiger partial charge in [-0.3, -0.25) is 4.79 Å². The molecule has 3 aromatic carbocycles. The van der Waals surface area contributed by atoms with Crippen LogP contribution in [0.1, 0.15) is 34.3 Å². The number of phenols is 5. The molecule has 202 valence electrons. The lowest BCUT2D eigenvalue weighted by Crippen LogP contribution is -2.28. The highest BCUT2D eigenvalue weighted by atomic mass is 16.6. The van der Waals surface area contributed by atoms with Crippen molar-refractivity contribution in [1.82, 2.24) is 0 Å². The summed E-state index contributed by atoms with van der Waals surface area (Å²) >= 11 is 0. The third-order valence-corrected chi connectivity index (χ3v) is 6.06. The van der Waals surface area contributed by atoms with E-state index in [1.165, 1.54) is 30.3 Å². The number of benzene rings is 3. The maximum absolute atomic E-state index is 12.5. The van der Waals surface area contributed by atoms with Crippen molar-refractivity contribution in [2.24, 2.45) is 0 Å². The first kappa shape index (κ1) is 26.7. The lowest BCUT2D eigenvalue weighted by Gasteiger charge is -2.17. The predicted molar refractivity (Wildman–Crippen MR) is 132 cm³/mol. The van der Waals surface area contributed by atoms with Gasteiger partial charge in [-0.25, -0.2) is 9.59 Å². The second kappa shape index (κ2) is 10.5. The van der Waals surface area contributed by atoms with E-state index in [9.17, 15) is 50.1 Å². The molecule has 7 N–H and O–H groups in total. The first-order chi connectivity index (χ1) is 18.5. The van der Waals surface area contributed by atoms with Crippen LogP contribution in [0.5, 0.6) is 34.5 Å². The van der Waals surface area contributed by atoms with Gasteiger partial charge in [0.2, 0.25) is 6.10 Å². The van der Waals surface area contributed by atoms with Crippen molar-refractivity contribution in [3.63, 3.8) is 0 Å². The third kappa shape index (κ3) is 5.49. The number of rotatable bonds is 8. The summed E-state index contributed by atoms with van der Waals surface area (Å²) in [5.41, 5.74) is 0.664. The average Bonchev–Trinajstić information content (AvgIpc) is 3.29. The first-order valence-electron chi connectivity index (χ1n) is 11.4. The molecule has 3 atom stereocenters. The van der Waals surface area contributed by atoms with E-state index in [0.717, 1.165) is 30.3 Å². The number of fused-ring (bicyclic) bond motifs is 1. The minimum Gasteiger partial charge on any atom is -0.504 e. The molecule has 12 nitrogen and oxygen atoms in total. The smallest absolute Gasteiger partial charge is 0.345 e. The maximum atomic E-state index is 12.5. The van der Waals surface area contributed by atoms with E-state index in [0.29, 0.717) is 0 Å². The Balaban J connectivity index is 1.59. The van der Waals surface area contributed by atoms with Crippen molar-refractivity contribution in [2.45, 2.75) is 24.5 Å². The molecule has 1 aliphatic heterocycles. The van der Waals surface area contributed by atoms with Gasteiger partial charge in [-0.1, -0.05) is 18.2 Å². The SMILES string of the molecule is O=C(/C=C/c1ccc(O)c2c1[C@H](C(=O)O)[C@H](c1ccc(O)c(O)c1)O2)O[C@@H](Cc1ccc(O)c(O)c1)C(=O)O. The fourth-order valence-corrected chi connectivity index (χ4v) is 4.20. The van der Waals surface area contributed by atoms with Crippen LogP contribution in [0.25, 0.3) is 6.08 Å². The Morgan fingerprint density at radius 2 is 1.49 bits per heavy atom. The summed E-state index contributed by atoms with van der Waals surface area (Å²) in [6.07, 6.45) is -1.09. The van der Waals surface area contributed by atoms with Crippen molar-refractivity contribution < 1.29 is 59.6 Å². The quantitative estimate of drug-likeness (QED) is 0.125. The number of aliphatic carboxylic acids is 2. The topological polar surface area (TPSA) is 211 Å². The molecular weight excluding hydrogens is 516 g/mol. The van der Waals surface area contributed by atoms with Crippen LogP contribution in [-0.2, 0) is 25.5 Å². The highest BCUT2D eigenvalue weighted by Gasteiger charge is 2.43. The summed E-state index contributed by atoms with van der Waals surface area (Å²) in [6, 6.07) is 9.83. The monoisotopic (exact) mass is 538 g/mol. The highest BCUT2D eigenvalue weighted by Crippen LogP contribution is 2.52. The molecule has 3 aromatic rings. The average molecular weight is 538 g/mol. The summed E-state index contributed by atoms with van der Waals surface area (Å²) in [6.45, 7) is 0. The van der Waals surface area contributed by atoms with Crippen molar-refractivity contribution >= 4 is 24.0 Å². The Morgan fingerprint density at radius 1 is 0.846 bits per heavy atom. The number of carboxylic acid groups (broad SMARTS) is 2. The fraction of sp³-hybridized carbons (Fsp3) is 0.148. The number of phenolic OH excluding ortho intramolecular Hbond substituents is 5. The molecule has 12 heteroatoms. The Morgan fingerprint density at radius 3 is 2.10 bits per heavy atom. The van der Waals surface area contributed by atoms with E-state index in [4.69, 9.17) is 9.47 Å². The summed E-state index contributed by atoms with van der Waals surface area (Å²) in [7, 11) is 0.